The number of aryl methyl sites for hydroxylation is 1. The highest BCUT2D eigenvalue weighted by Crippen LogP contribution is 2.37. The molecular formula is C16H14Br2O. The van der Waals surface area contributed by atoms with E-state index >= 15 is 0 Å². The second kappa shape index (κ2) is 5.39. The largest absolute Gasteiger partial charge is 0.372 e. The fourth-order valence-electron chi connectivity index (χ4n) is 2.40. The molecule has 1 heterocycles. The minimum atomic E-state index is 0.202. The van der Waals surface area contributed by atoms with Crippen molar-refractivity contribution in [2.24, 2.45) is 0 Å². The smallest absolute Gasteiger partial charge is 0.0725 e. The highest BCUT2D eigenvalue weighted by Gasteiger charge is 2.18. The lowest BCUT2D eigenvalue weighted by molar-refractivity contribution is 0.134. The average molecular weight is 382 g/mol. The summed E-state index contributed by atoms with van der Waals surface area (Å²) in [4.78, 5) is 0.202. The summed E-state index contributed by atoms with van der Waals surface area (Å²) in [5, 5.41) is 0. The van der Waals surface area contributed by atoms with Gasteiger partial charge < -0.3 is 4.74 Å². The van der Waals surface area contributed by atoms with Crippen molar-refractivity contribution >= 4 is 31.9 Å². The van der Waals surface area contributed by atoms with Crippen LogP contribution in [0, 0.1) is 6.92 Å². The maximum atomic E-state index is 5.47. The molecule has 0 fully saturated rings. The van der Waals surface area contributed by atoms with E-state index in [-0.39, 0.29) is 4.83 Å². The monoisotopic (exact) mass is 380 g/mol. The third kappa shape index (κ3) is 2.51. The number of benzene rings is 2. The van der Waals surface area contributed by atoms with E-state index in [1.165, 1.54) is 32.3 Å². The van der Waals surface area contributed by atoms with Crippen molar-refractivity contribution in [3.8, 4) is 0 Å². The fraction of sp³-hybridized carbons (Fsp3) is 0.250. The molecule has 0 amide bonds. The number of halogens is 2. The molecule has 0 saturated heterocycles. The standard InChI is InChI=1S/C16H14Br2O/c1-10-3-2-4-14(15(10)17)16(18)11-5-6-12-8-19-9-13(12)7-11/h2-7,16H,8-9H2,1H3. The van der Waals surface area contributed by atoms with Crippen LogP contribution in [0.5, 0.6) is 0 Å². The predicted molar refractivity (Wildman–Crippen MR) is 84.6 cm³/mol. The zero-order valence-corrected chi connectivity index (χ0v) is 13.8. The van der Waals surface area contributed by atoms with Gasteiger partial charge in [-0.2, -0.15) is 0 Å². The van der Waals surface area contributed by atoms with Crippen LogP contribution in [0.3, 0.4) is 0 Å². The van der Waals surface area contributed by atoms with Crippen molar-refractivity contribution in [3.05, 3.63) is 68.7 Å². The lowest BCUT2D eigenvalue weighted by atomic mass is 9.99. The topological polar surface area (TPSA) is 9.23 Å². The summed E-state index contributed by atoms with van der Waals surface area (Å²) in [7, 11) is 0. The molecule has 1 nitrogen and oxygen atoms in total. The first kappa shape index (κ1) is 13.3. The Morgan fingerprint density at radius 3 is 2.74 bits per heavy atom. The maximum absolute atomic E-state index is 5.47. The lowest BCUT2D eigenvalue weighted by Gasteiger charge is -2.15. The molecular weight excluding hydrogens is 368 g/mol. The summed E-state index contributed by atoms with van der Waals surface area (Å²) >= 11 is 7.50. The number of hydrogen-bond donors (Lipinski definition) is 0. The fourth-order valence-corrected chi connectivity index (χ4v) is 3.86. The summed E-state index contributed by atoms with van der Waals surface area (Å²) in [6.45, 7) is 3.60. The number of rotatable bonds is 2. The zero-order valence-electron chi connectivity index (χ0n) is 10.6. The molecule has 1 aliphatic heterocycles. The van der Waals surface area contributed by atoms with Crippen LogP contribution in [0.4, 0.5) is 0 Å². The summed E-state index contributed by atoms with van der Waals surface area (Å²) in [5.74, 6) is 0. The van der Waals surface area contributed by atoms with Crippen molar-refractivity contribution in [3.63, 3.8) is 0 Å². The van der Waals surface area contributed by atoms with Gasteiger partial charge in [0.15, 0.2) is 0 Å². The summed E-state index contributed by atoms with van der Waals surface area (Å²) < 4.78 is 6.65. The molecule has 3 heteroatoms. The minimum absolute atomic E-state index is 0.202. The Bertz CT molecular complexity index is 622. The molecule has 0 aliphatic carbocycles. The highest BCUT2D eigenvalue weighted by molar-refractivity contribution is 9.11. The Balaban J connectivity index is 2.00. The Hall–Kier alpha value is -0.640. The molecule has 2 aromatic carbocycles. The van der Waals surface area contributed by atoms with Gasteiger partial charge in [0.2, 0.25) is 0 Å². The van der Waals surface area contributed by atoms with Crippen LogP contribution in [0.2, 0.25) is 0 Å². The molecule has 0 N–H and O–H groups in total. The molecule has 1 atom stereocenters. The highest BCUT2D eigenvalue weighted by atomic mass is 79.9. The van der Waals surface area contributed by atoms with Crippen LogP contribution in [-0.2, 0) is 18.0 Å². The van der Waals surface area contributed by atoms with Crippen LogP contribution in [0.1, 0.15) is 32.6 Å². The van der Waals surface area contributed by atoms with Crippen LogP contribution in [0.25, 0.3) is 0 Å². The van der Waals surface area contributed by atoms with E-state index in [0.29, 0.717) is 0 Å². The molecule has 19 heavy (non-hydrogen) atoms. The van der Waals surface area contributed by atoms with E-state index in [0.717, 1.165) is 13.2 Å². The third-order valence-corrected chi connectivity index (χ3v) is 5.64. The molecule has 0 bridgehead atoms. The van der Waals surface area contributed by atoms with Crippen molar-refractivity contribution in [2.45, 2.75) is 25.0 Å². The van der Waals surface area contributed by atoms with Crippen LogP contribution in [0.15, 0.2) is 40.9 Å². The van der Waals surface area contributed by atoms with E-state index < -0.39 is 0 Å². The van der Waals surface area contributed by atoms with Gasteiger partial charge >= 0.3 is 0 Å². The van der Waals surface area contributed by atoms with Crippen LogP contribution >= 0.6 is 31.9 Å². The van der Waals surface area contributed by atoms with Gasteiger partial charge in [-0.05, 0) is 34.7 Å². The molecule has 0 aromatic heterocycles. The molecule has 1 aliphatic rings. The Morgan fingerprint density at radius 1 is 1.11 bits per heavy atom. The number of fused-ring (bicyclic) bond motifs is 1. The summed E-state index contributed by atoms with van der Waals surface area (Å²) in [6.07, 6.45) is 0. The van der Waals surface area contributed by atoms with Crippen LogP contribution < -0.4 is 0 Å². The lowest BCUT2D eigenvalue weighted by Crippen LogP contribution is -1.97. The van der Waals surface area contributed by atoms with Gasteiger partial charge in [-0.3, -0.25) is 0 Å². The molecule has 3 rings (SSSR count). The molecule has 0 spiro atoms. The Labute approximate surface area is 130 Å². The van der Waals surface area contributed by atoms with Gasteiger partial charge in [-0.15, -0.1) is 0 Å². The SMILES string of the molecule is Cc1cccc(C(Br)c2ccc3c(c2)COC3)c1Br. The number of hydrogen-bond acceptors (Lipinski definition) is 1. The first-order valence-electron chi connectivity index (χ1n) is 6.25. The van der Waals surface area contributed by atoms with Gasteiger partial charge in [-0.1, -0.05) is 68.3 Å². The van der Waals surface area contributed by atoms with Gasteiger partial charge in [0.1, 0.15) is 0 Å². The average Bonchev–Trinajstić information content (AvgIpc) is 2.88. The molecule has 2 aromatic rings. The van der Waals surface area contributed by atoms with Gasteiger partial charge in [-0.25, -0.2) is 0 Å². The minimum Gasteiger partial charge on any atom is -0.372 e. The first-order chi connectivity index (χ1) is 9.16. The summed E-state index contributed by atoms with van der Waals surface area (Å²) in [5.41, 5.74) is 6.42. The van der Waals surface area contributed by atoms with E-state index in [1.807, 2.05) is 0 Å². The van der Waals surface area contributed by atoms with Gasteiger partial charge in [0, 0.05) is 4.47 Å². The molecule has 1 unspecified atom stereocenters. The second-order valence-corrected chi connectivity index (χ2v) is 6.57. The van der Waals surface area contributed by atoms with Crippen LogP contribution in [-0.4, -0.2) is 0 Å². The molecule has 98 valence electrons. The Morgan fingerprint density at radius 2 is 1.89 bits per heavy atom. The van der Waals surface area contributed by atoms with Crippen molar-refractivity contribution in [2.75, 3.05) is 0 Å². The van der Waals surface area contributed by atoms with Gasteiger partial charge in [0.25, 0.3) is 0 Å². The third-order valence-electron chi connectivity index (χ3n) is 3.53. The van der Waals surface area contributed by atoms with E-state index in [9.17, 15) is 0 Å². The molecule has 0 saturated carbocycles. The maximum Gasteiger partial charge on any atom is 0.0725 e. The van der Waals surface area contributed by atoms with Gasteiger partial charge in [0.05, 0.1) is 18.0 Å². The first-order valence-corrected chi connectivity index (χ1v) is 7.96. The quantitative estimate of drug-likeness (QED) is 0.643. The van der Waals surface area contributed by atoms with E-state index in [2.05, 4.69) is 75.2 Å². The second-order valence-electron chi connectivity index (χ2n) is 4.86. The number of alkyl halides is 1. The van der Waals surface area contributed by atoms with E-state index in [1.54, 1.807) is 0 Å². The predicted octanol–water partition coefficient (Wildman–Crippen LogP) is 5.27. The normalized spacial score (nSPS) is 15.3. The summed E-state index contributed by atoms with van der Waals surface area (Å²) in [6, 6.07) is 13.0. The molecule has 0 radical (unpaired) electrons. The Kier molecular flexibility index (Phi) is 3.79. The van der Waals surface area contributed by atoms with E-state index in [4.69, 9.17) is 4.74 Å². The van der Waals surface area contributed by atoms with Crippen molar-refractivity contribution < 1.29 is 4.74 Å². The van der Waals surface area contributed by atoms with Crippen molar-refractivity contribution in [1.29, 1.82) is 0 Å². The van der Waals surface area contributed by atoms with Crippen molar-refractivity contribution in [1.82, 2.24) is 0 Å². The number of ether oxygens (including phenoxy) is 1. The zero-order chi connectivity index (χ0) is 13.4.